The molecule has 2 N–H and O–H groups in total. The molecule has 2 aliphatic heterocycles. The minimum Gasteiger partial charge on any atom is -0.370 e. The summed E-state index contributed by atoms with van der Waals surface area (Å²) in [6.07, 6.45) is 0.344. The maximum absolute atomic E-state index is 13.4. The van der Waals surface area contributed by atoms with Crippen LogP contribution in [0.15, 0.2) is 42.7 Å². The van der Waals surface area contributed by atoms with E-state index in [0.717, 1.165) is 17.7 Å². The van der Waals surface area contributed by atoms with Gasteiger partial charge in [-0.25, -0.2) is 0 Å². The molecule has 0 unspecified atom stereocenters. The van der Waals surface area contributed by atoms with Gasteiger partial charge in [0.1, 0.15) is 0 Å². The van der Waals surface area contributed by atoms with Crippen LogP contribution in [-0.2, 0) is 22.2 Å². The summed E-state index contributed by atoms with van der Waals surface area (Å²) in [5.74, 6) is -0.924. The summed E-state index contributed by atoms with van der Waals surface area (Å²) >= 11 is 0. The van der Waals surface area contributed by atoms with Crippen LogP contribution in [-0.4, -0.2) is 47.9 Å². The third kappa shape index (κ3) is 5.39. The lowest BCUT2D eigenvalue weighted by atomic mass is 9.78. The van der Waals surface area contributed by atoms with Crippen LogP contribution >= 0.6 is 0 Å². The molecule has 7 nitrogen and oxygen atoms in total. The lowest BCUT2D eigenvalue weighted by Gasteiger charge is -2.36. The Morgan fingerprint density at radius 3 is 2.40 bits per heavy atom. The van der Waals surface area contributed by atoms with E-state index in [-0.39, 0.29) is 24.3 Å². The van der Waals surface area contributed by atoms with E-state index in [9.17, 15) is 22.8 Å². The van der Waals surface area contributed by atoms with E-state index >= 15 is 0 Å². The number of likely N-dealkylation sites (tertiary alicyclic amines) is 1. The molecule has 2 atom stereocenters. The zero-order valence-electron chi connectivity index (χ0n) is 19.0. The van der Waals surface area contributed by atoms with E-state index < -0.39 is 29.1 Å². The Balaban J connectivity index is 1.44. The Morgan fingerprint density at radius 2 is 1.80 bits per heavy atom. The molecular weight excluding hydrogens is 459 g/mol. The number of primary amides is 1. The van der Waals surface area contributed by atoms with Gasteiger partial charge in [0.15, 0.2) is 0 Å². The van der Waals surface area contributed by atoms with Gasteiger partial charge in [-0.15, -0.1) is 0 Å². The monoisotopic (exact) mass is 485 g/mol. The molecular formula is C25H26F3N5O2. The smallest absolute Gasteiger partial charge is 0.370 e. The standard InChI is InChI=1S/C25H26F3N5O2/c26-25(27,28)22-12-19(2-1-18(22)13-29)33-14-20(21(15-33)24(30)35)17-5-9-32(10-6-17)23(34)11-16-3-7-31-8-4-16/h1-4,7-8,12,17,20-21H,5-6,9-11,14-15H2,(H2,30,35)/t20-,21+/m0/s1. The topological polar surface area (TPSA) is 103 Å². The second kappa shape index (κ2) is 9.94. The minimum absolute atomic E-state index is 0.0337. The van der Waals surface area contributed by atoms with Crippen molar-refractivity contribution in [1.29, 1.82) is 5.26 Å². The van der Waals surface area contributed by atoms with Crippen molar-refractivity contribution in [2.45, 2.75) is 25.4 Å². The maximum Gasteiger partial charge on any atom is 0.417 e. The number of carbonyl (C=O) groups is 2. The molecule has 2 fully saturated rings. The van der Waals surface area contributed by atoms with Crippen molar-refractivity contribution in [3.63, 3.8) is 0 Å². The van der Waals surface area contributed by atoms with Gasteiger partial charge in [-0.05, 0) is 60.6 Å². The van der Waals surface area contributed by atoms with E-state index in [1.54, 1.807) is 23.4 Å². The predicted molar refractivity (Wildman–Crippen MR) is 122 cm³/mol. The zero-order chi connectivity index (χ0) is 25.2. The van der Waals surface area contributed by atoms with Crippen molar-refractivity contribution >= 4 is 17.5 Å². The Morgan fingerprint density at radius 1 is 1.11 bits per heavy atom. The first-order valence-electron chi connectivity index (χ1n) is 11.5. The summed E-state index contributed by atoms with van der Waals surface area (Å²) in [6.45, 7) is 1.74. The SMILES string of the molecule is N#Cc1ccc(N2C[C@@H](C(N)=O)[C@H](C3CCN(C(=O)Cc4ccncc4)CC3)C2)cc1C(F)(F)F. The van der Waals surface area contributed by atoms with Gasteiger partial charge in [-0.3, -0.25) is 14.6 Å². The predicted octanol–water partition coefficient (Wildman–Crippen LogP) is 2.99. The number of aromatic nitrogens is 1. The first kappa shape index (κ1) is 24.5. The Bertz CT molecular complexity index is 1120. The van der Waals surface area contributed by atoms with E-state index in [2.05, 4.69) is 4.98 Å². The van der Waals surface area contributed by atoms with Crippen LogP contribution in [0, 0.1) is 29.1 Å². The van der Waals surface area contributed by atoms with Crippen LogP contribution in [0.3, 0.4) is 0 Å². The third-order valence-electron chi connectivity index (χ3n) is 7.13. The highest BCUT2D eigenvalue weighted by atomic mass is 19.4. The molecule has 2 saturated heterocycles. The second-order valence-electron chi connectivity index (χ2n) is 9.17. The molecule has 10 heteroatoms. The average Bonchev–Trinajstić information content (AvgIpc) is 3.30. The van der Waals surface area contributed by atoms with Crippen LogP contribution in [0.25, 0.3) is 0 Å². The van der Waals surface area contributed by atoms with Crippen molar-refractivity contribution in [2.75, 3.05) is 31.1 Å². The number of benzene rings is 1. The highest BCUT2D eigenvalue weighted by Crippen LogP contribution is 2.40. The van der Waals surface area contributed by atoms with Crippen LogP contribution in [0.5, 0.6) is 0 Å². The lowest BCUT2D eigenvalue weighted by molar-refractivity contribution is -0.137. The number of nitriles is 1. The van der Waals surface area contributed by atoms with Gasteiger partial charge in [0.05, 0.1) is 29.5 Å². The molecule has 0 spiro atoms. The maximum atomic E-state index is 13.4. The number of piperidine rings is 1. The normalized spacial score (nSPS) is 21.1. The number of pyridine rings is 1. The highest BCUT2D eigenvalue weighted by molar-refractivity contribution is 5.79. The molecule has 2 aromatic rings. The number of carbonyl (C=O) groups excluding carboxylic acids is 2. The zero-order valence-corrected chi connectivity index (χ0v) is 19.0. The number of nitrogens with zero attached hydrogens (tertiary/aromatic N) is 4. The Hall–Kier alpha value is -3.61. The quantitative estimate of drug-likeness (QED) is 0.701. The van der Waals surface area contributed by atoms with Gasteiger partial charge < -0.3 is 15.5 Å². The molecule has 2 aliphatic rings. The van der Waals surface area contributed by atoms with Gasteiger partial charge in [0.2, 0.25) is 11.8 Å². The van der Waals surface area contributed by atoms with Gasteiger partial charge in [0, 0.05) is 44.3 Å². The van der Waals surface area contributed by atoms with Crippen molar-refractivity contribution < 1.29 is 22.8 Å². The first-order valence-corrected chi connectivity index (χ1v) is 11.5. The average molecular weight is 486 g/mol. The second-order valence-corrected chi connectivity index (χ2v) is 9.17. The van der Waals surface area contributed by atoms with E-state index in [0.29, 0.717) is 44.6 Å². The van der Waals surface area contributed by atoms with Crippen molar-refractivity contribution in [1.82, 2.24) is 9.88 Å². The van der Waals surface area contributed by atoms with E-state index in [1.165, 1.54) is 6.07 Å². The van der Waals surface area contributed by atoms with Crippen LogP contribution in [0.2, 0.25) is 0 Å². The van der Waals surface area contributed by atoms with Crippen LogP contribution < -0.4 is 10.6 Å². The third-order valence-corrected chi connectivity index (χ3v) is 7.13. The molecule has 2 amide bonds. The van der Waals surface area contributed by atoms with Gasteiger partial charge in [-0.2, -0.15) is 18.4 Å². The fraction of sp³-hybridized carbons (Fsp3) is 0.440. The lowest BCUT2D eigenvalue weighted by Crippen LogP contribution is -2.43. The van der Waals surface area contributed by atoms with Crippen LogP contribution in [0.1, 0.15) is 29.5 Å². The van der Waals surface area contributed by atoms with E-state index in [1.807, 2.05) is 17.0 Å². The molecule has 3 heterocycles. The number of anilines is 1. The number of hydrogen-bond donors (Lipinski definition) is 1. The summed E-state index contributed by atoms with van der Waals surface area (Å²) in [7, 11) is 0. The molecule has 0 bridgehead atoms. The summed E-state index contributed by atoms with van der Waals surface area (Å²) in [5.41, 5.74) is 5.47. The number of rotatable bonds is 5. The van der Waals surface area contributed by atoms with E-state index in [4.69, 9.17) is 11.0 Å². The molecule has 1 aromatic heterocycles. The number of alkyl halides is 3. The Kier molecular flexibility index (Phi) is 6.96. The molecule has 1 aromatic carbocycles. The van der Waals surface area contributed by atoms with Crippen molar-refractivity contribution in [3.05, 3.63) is 59.4 Å². The molecule has 4 rings (SSSR count). The molecule has 0 aliphatic carbocycles. The Labute approximate surface area is 201 Å². The summed E-state index contributed by atoms with van der Waals surface area (Å²) < 4.78 is 40.3. The highest BCUT2D eigenvalue weighted by Gasteiger charge is 2.43. The first-order chi connectivity index (χ1) is 16.7. The minimum atomic E-state index is -4.65. The van der Waals surface area contributed by atoms with Crippen molar-refractivity contribution in [3.8, 4) is 6.07 Å². The van der Waals surface area contributed by atoms with Crippen molar-refractivity contribution in [2.24, 2.45) is 23.5 Å². The number of hydrogen-bond acceptors (Lipinski definition) is 5. The van der Waals surface area contributed by atoms with Gasteiger partial charge >= 0.3 is 6.18 Å². The van der Waals surface area contributed by atoms with Crippen LogP contribution in [0.4, 0.5) is 18.9 Å². The number of halogens is 3. The van der Waals surface area contributed by atoms with Gasteiger partial charge in [-0.1, -0.05) is 0 Å². The largest absolute Gasteiger partial charge is 0.417 e. The van der Waals surface area contributed by atoms with Gasteiger partial charge in [0.25, 0.3) is 0 Å². The number of amides is 2. The molecule has 35 heavy (non-hydrogen) atoms. The summed E-state index contributed by atoms with van der Waals surface area (Å²) in [4.78, 5) is 32.4. The summed E-state index contributed by atoms with van der Waals surface area (Å²) in [6, 6.07) is 8.82. The fourth-order valence-electron chi connectivity index (χ4n) is 5.24. The molecule has 0 radical (unpaired) electrons. The number of nitrogens with two attached hydrogens (primary N) is 1. The molecule has 0 saturated carbocycles. The molecule has 184 valence electrons. The summed E-state index contributed by atoms with van der Waals surface area (Å²) in [5, 5.41) is 9.05. The fourth-order valence-corrected chi connectivity index (χ4v) is 5.24.